The van der Waals surface area contributed by atoms with Gasteiger partial charge in [-0.2, -0.15) is 0 Å². The lowest BCUT2D eigenvalue weighted by atomic mass is 9.83. The molecule has 1 aromatic rings. The smallest absolute Gasteiger partial charge is 0.0984 e. The summed E-state index contributed by atoms with van der Waals surface area (Å²) in [6.07, 6.45) is 2.81. The molecule has 1 aromatic carbocycles. The van der Waals surface area contributed by atoms with Gasteiger partial charge in [0.05, 0.1) is 15.7 Å². The number of nitrogens with one attached hydrogen (secondary N) is 1. The Kier molecular flexibility index (Phi) is 6.61. The van der Waals surface area contributed by atoms with Crippen molar-refractivity contribution >= 4 is 11.0 Å². The van der Waals surface area contributed by atoms with Crippen molar-refractivity contribution in [3.63, 3.8) is 0 Å². The average Bonchev–Trinajstić information content (AvgIpc) is 2.47. The highest BCUT2D eigenvalue weighted by atomic mass is 32.2. The summed E-state index contributed by atoms with van der Waals surface area (Å²) in [5, 5.41) is 0. The van der Waals surface area contributed by atoms with Crippen LogP contribution in [-0.2, 0) is 11.0 Å². The van der Waals surface area contributed by atoms with Gasteiger partial charge in [-0.15, -0.1) is 0 Å². The molecule has 0 spiro atoms. The van der Waals surface area contributed by atoms with Crippen LogP contribution in [0.4, 0.5) is 0 Å². The van der Waals surface area contributed by atoms with E-state index in [0.29, 0.717) is 0 Å². The van der Waals surface area contributed by atoms with Crippen LogP contribution in [0.2, 0.25) is 0 Å². The van der Waals surface area contributed by atoms with Crippen LogP contribution in [0, 0.1) is 5.41 Å². The fourth-order valence-corrected chi connectivity index (χ4v) is 4.51. The second kappa shape index (κ2) is 7.55. The maximum absolute atomic E-state index is 13.0. The Bertz CT molecular complexity index is 438. The maximum Gasteiger partial charge on any atom is 0.0984 e. The molecule has 120 valence electrons. The Balaban J connectivity index is 3.06. The van der Waals surface area contributed by atoms with Gasteiger partial charge in [-0.25, -0.2) is 8.93 Å². The summed E-state index contributed by atoms with van der Waals surface area (Å²) in [4.78, 5) is 0. The monoisotopic (exact) mass is 309 g/mol. The third-order valence-corrected chi connectivity index (χ3v) is 6.65. The first kappa shape index (κ1) is 18.4. The Labute approximate surface area is 133 Å². The summed E-state index contributed by atoms with van der Waals surface area (Å²) in [5.74, 6) is 0. The lowest BCUT2D eigenvalue weighted by molar-refractivity contribution is 0.305. The Morgan fingerprint density at radius 3 is 1.86 bits per heavy atom. The number of benzene rings is 1. The van der Waals surface area contributed by atoms with E-state index in [1.165, 1.54) is 5.56 Å². The van der Waals surface area contributed by atoms with Gasteiger partial charge in [-0.05, 0) is 30.2 Å². The quantitative estimate of drug-likeness (QED) is 0.755. The molecule has 0 aliphatic heterocycles. The molecule has 0 aliphatic rings. The van der Waals surface area contributed by atoms with Crippen LogP contribution in [0.3, 0.4) is 0 Å². The Morgan fingerprint density at radius 2 is 1.48 bits per heavy atom. The van der Waals surface area contributed by atoms with Gasteiger partial charge in [-0.3, -0.25) is 0 Å². The number of rotatable bonds is 7. The molecular formula is C18H31NOS. The molecule has 0 saturated heterocycles. The molecule has 0 aliphatic carbocycles. The van der Waals surface area contributed by atoms with Crippen LogP contribution in [0.5, 0.6) is 0 Å². The van der Waals surface area contributed by atoms with E-state index in [1.54, 1.807) is 0 Å². The number of hydrogen-bond acceptors (Lipinski definition) is 1. The van der Waals surface area contributed by atoms with Gasteiger partial charge in [0.2, 0.25) is 0 Å². The maximum atomic E-state index is 13.0. The van der Waals surface area contributed by atoms with Crippen LogP contribution in [0.1, 0.15) is 72.4 Å². The summed E-state index contributed by atoms with van der Waals surface area (Å²) in [6, 6.07) is 10.4. The van der Waals surface area contributed by atoms with Crippen molar-refractivity contribution in [2.45, 2.75) is 71.6 Å². The lowest BCUT2D eigenvalue weighted by Gasteiger charge is -2.36. The summed E-state index contributed by atoms with van der Waals surface area (Å²) in [7, 11) is -1.04. The van der Waals surface area contributed by atoms with E-state index in [2.05, 4.69) is 58.4 Å². The molecule has 1 unspecified atom stereocenters. The Hall–Kier alpha value is -0.670. The third-order valence-electron chi connectivity index (χ3n) is 4.55. The topological polar surface area (TPSA) is 29.1 Å². The van der Waals surface area contributed by atoms with Crippen LogP contribution in [0.25, 0.3) is 0 Å². The predicted molar refractivity (Wildman–Crippen MR) is 93.5 cm³/mol. The summed E-state index contributed by atoms with van der Waals surface area (Å²) in [5.41, 5.74) is 1.22. The van der Waals surface area contributed by atoms with E-state index in [4.69, 9.17) is 0 Å². The van der Waals surface area contributed by atoms with Gasteiger partial charge in [0.1, 0.15) is 0 Å². The van der Waals surface area contributed by atoms with Gasteiger partial charge in [0.25, 0.3) is 0 Å². The van der Waals surface area contributed by atoms with Gasteiger partial charge in [0, 0.05) is 6.04 Å². The SMILES string of the molecule is CCC(CC)(CC)S(=O)N[C@H](c1ccccc1)C(C)(C)C. The molecule has 0 fully saturated rings. The fraction of sp³-hybridized carbons (Fsp3) is 0.667. The van der Waals surface area contributed by atoms with Crippen LogP contribution in [-0.4, -0.2) is 8.96 Å². The zero-order valence-electron chi connectivity index (χ0n) is 14.4. The average molecular weight is 310 g/mol. The van der Waals surface area contributed by atoms with Gasteiger partial charge in [-0.1, -0.05) is 71.9 Å². The molecule has 1 rings (SSSR count). The van der Waals surface area contributed by atoms with Crippen molar-refractivity contribution in [2.24, 2.45) is 5.41 Å². The minimum Gasteiger partial charge on any atom is -0.242 e. The molecule has 0 radical (unpaired) electrons. The molecular weight excluding hydrogens is 278 g/mol. The van der Waals surface area contributed by atoms with E-state index in [-0.39, 0.29) is 16.2 Å². The highest BCUT2D eigenvalue weighted by Crippen LogP contribution is 2.35. The molecule has 2 atom stereocenters. The van der Waals surface area contributed by atoms with E-state index in [1.807, 2.05) is 18.2 Å². The predicted octanol–water partition coefficient (Wildman–Crippen LogP) is 5.00. The van der Waals surface area contributed by atoms with E-state index in [0.717, 1.165) is 19.3 Å². The van der Waals surface area contributed by atoms with Crippen molar-refractivity contribution in [3.05, 3.63) is 35.9 Å². The van der Waals surface area contributed by atoms with Crippen LogP contribution < -0.4 is 4.72 Å². The molecule has 3 heteroatoms. The number of hydrogen-bond donors (Lipinski definition) is 1. The molecule has 0 aromatic heterocycles. The first-order valence-electron chi connectivity index (χ1n) is 8.03. The van der Waals surface area contributed by atoms with Crippen molar-refractivity contribution < 1.29 is 4.21 Å². The summed E-state index contributed by atoms with van der Waals surface area (Å²) >= 11 is 0. The zero-order chi connectivity index (χ0) is 16.1. The summed E-state index contributed by atoms with van der Waals surface area (Å²) < 4.78 is 16.3. The molecule has 0 heterocycles. The largest absolute Gasteiger partial charge is 0.242 e. The normalized spacial score (nSPS) is 15.7. The zero-order valence-corrected chi connectivity index (χ0v) is 15.2. The van der Waals surface area contributed by atoms with Crippen LogP contribution >= 0.6 is 0 Å². The van der Waals surface area contributed by atoms with Gasteiger partial charge < -0.3 is 0 Å². The molecule has 1 N–H and O–H groups in total. The second-order valence-electron chi connectivity index (χ2n) is 6.84. The van der Waals surface area contributed by atoms with Crippen LogP contribution in [0.15, 0.2) is 30.3 Å². The first-order valence-corrected chi connectivity index (χ1v) is 9.18. The van der Waals surface area contributed by atoms with Gasteiger partial charge in [0.15, 0.2) is 0 Å². The fourth-order valence-electron chi connectivity index (χ4n) is 2.77. The van der Waals surface area contributed by atoms with E-state index < -0.39 is 11.0 Å². The first-order chi connectivity index (χ1) is 9.80. The second-order valence-corrected chi connectivity index (χ2v) is 8.48. The Morgan fingerprint density at radius 1 is 1.00 bits per heavy atom. The molecule has 0 amide bonds. The highest BCUT2D eigenvalue weighted by molar-refractivity contribution is 7.84. The summed E-state index contributed by atoms with van der Waals surface area (Å²) in [6.45, 7) is 13.0. The van der Waals surface area contributed by atoms with Crippen molar-refractivity contribution in [1.29, 1.82) is 0 Å². The lowest BCUT2D eigenvalue weighted by Crippen LogP contribution is -2.44. The molecule has 21 heavy (non-hydrogen) atoms. The highest BCUT2D eigenvalue weighted by Gasteiger charge is 2.36. The van der Waals surface area contributed by atoms with Gasteiger partial charge >= 0.3 is 0 Å². The minimum absolute atomic E-state index is 0.0119. The third kappa shape index (κ3) is 4.40. The molecule has 0 saturated carbocycles. The van der Waals surface area contributed by atoms with E-state index in [9.17, 15) is 4.21 Å². The standard InChI is InChI=1S/C18H31NOS/c1-7-18(8-2,9-3)21(20)19-16(17(4,5)6)15-13-11-10-12-14-15/h10-14,16,19H,7-9H2,1-6H3/t16-,21?/m1/s1. The molecule has 2 nitrogen and oxygen atoms in total. The molecule has 0 bridgehead atoms. The van der Waals surface area contributed by atoms with Crippen molar-refractivity contribution in [1.82, 2.24) is 4.72 Å². The van der Waals surface area contributed by atoms with E-state index >= 15 is 0 Å². The van der Waals surface area contributed by atoms with Crippen molar-refractivity contribution in [2.75, 3.05) is 0 Å². The van der Waals surface area contributed by atoms with Crippen molar-refractivity contribution in [3.8, 4) is 0 Å². The minimum atomic E-state index is -1.04.